The van der Waals surface area contributed by atoms with E-state index >= 15 is 8.78 Å². The maximum absolute atomic E-state index is 16.0. The van der Waals surface area contributed by atoms with E-state index in [4.69, 9.17) is 19.3 Å². The highest BCUT2D eigenvalue weighted by Crippen LogP contribution is 2.53. The van der Waals surface area contributed by atoms with Crippen molar-refractivity contribution in [2.24, 2.45) is 28.8 Å². The van der Waals surface area contributed by atoms with Gasteiger partial charge in [0.25, 0.3) is 5.91 Å². The number of hydrogen-bond donors (Lipinski definition) is 7. The molecule has 2 aromatic heterocycles. The average Bonchev–Trinajstić information content (AvgIpc) is 1.44. The minimum atomic E-state index is -1.65. The van der Waals surface area contributed by atoms with E-state index in [1.54, 1.807) is 56.7 Å². The number of Topliss-reactive ketones (excluding diaryl/α,β-unsaturated/α-hetero) is 1. The zero-order valence-corrected chi connectivity index (χ0v) is 49.0. The maximum atomic E-state index is 16.0. The summed E-state index contributed by atoms with van der Waals surface area (Å²) in [4.78, 5) is 75.1. The van der Waals surface area contributed by atoms with Crippen LogP contribution in [0.5, 0.6) is 17.2 Å². The zero-order chi connectivity index (χ0) is 62.5. The molecular weight excluding hydrogens is 1120 g/mol. The van der Waals surface area contributed by atoms with Crippen LogP contribution in [-0.4, -0.2) is 162 Å². The maximum Gasteiger partial charge on any atom is 0.341 e. The van der Waals surface area contributed by atoms with Gasteiger partial charge in [0.05, 0.1) is 58.5 Å². The first-order valence-electron chi connectivity index (χ1n) is 28.3. The van der Waals surface area contributed by atoms with E-state index in [1.165, 1.54) is 52.5 Å². The molecule has 0 spiro atoms. The number of phenols is 3. The number of allylic oxidation sites excluding steroid dienone is 2. The van der Waals surface area contributed by atoms with Crippen LogP contribution in [0.15, 0.2) is 76.5 Å². The van der Waals surface area contributed by atoms with Crippen LogP contribution in [0.4, 0.5) is 24.7 Å². The number of carbonyl (C=O) groups is 4. The molecule has 7 N–H and O–H groups in total. The molecule has 5 aromatic rings. The number of hydrogen-bond acceptors (Lipinski definition) is 18. The fraction of sp³-hybridized carbons (Fsp3) is 0.435. The molecule has 24 heteroatoms. The van der Waals surface area contributed by atoms with Crippen molar-refractivity contribution >= 4 is 63.2 Å². The molecule has 0 saturated carbocycles. The molecule has 3 aromatic carbocycles. The summed E-state index contributed by atoms with van der Waals surface area (Å²) in [7, 11) is 1.43. The summed E-state index contributed by atoms with van der Waals surface area (Å²) >= 11 is 0. The lowest BCUT2D eigenvalue weighted by Crippen LogP contribution is -2.49. The van der Waals surface area contributed by atoms with Crippen LogP contribution in [0, 0.1) is 48.0 Å². The minimum Gasteiger partial charge on any atom is -0.507 e. The highest BCUT2D eigenvalue weighted by atomic mass is 19.1. The Morgan fingerprint density at radius 3 is 2.27 bits per heavy atom. The van der Waals surface area contributed by atoms with Crippen molar-refractivity contribution in [2.75, 3.05) is 56.6 Å². The Balaban J connectivity index is 1.02. The number of aliphatic hydroxyl groups is 2. The monoisotopic (exact) mass is 1190 g/mol. The number of hydrazone groups is 1. The fourth-order valence-electron chi connectivity index (χ4n) is 12.3. The molecule has 2 saturated heterocycles. The number of carbonyl (C=O) groups excluding carboxylic acids is 3. The van der Waals surface area contributed by atoms with Crippen LogP contribution in [0.25, 0.3) is 27.5 Å². The molecule has 5 aliphatic rings. The van der Waals surface area contributed by atoms with Gasteiger partial charge < -0.3 is 55.1 Å². The first-order valence-corrected chi connectivity index (χ1v) is 28.3. The van der Waals surface area contributed by atoms with Crippen molar-refractivity contribution in [1.82, 2.24) is 19.5 Å². The Morgan fingerprint density at radius 1 is 0.895 bits per heavy atom. The topological polar surface area (TPSA) is 286 Å². The van der Waals surface area contributed by atoms with E-state index in [0.717, 1.165) is 29.0 Å². The van der Waals surface area contributed by atoms with E-state index in [9.17, 15) is 59.0 Å². The third kappa shape index (κ3) is 11.6. The standard InChI is InChI=1S/C62H70F3N7O14/c1-29-11-10-12-30(2)60(81)67-49-40(26-66-71-20-18-69(19-21-71)37-15-17-70(27-37)59-43(65)24-38-53(77)41(61(82)83)28-72(58(38)68-59)44-14-13-36(63)23-42(44)64)54(78)47-46-39(31(3)52(76)48(47)55(49)79)25-62(8,57(46)80)85-22-16-45(84-9)32(4)56(86-35(7)73)34(6)51(75)33(5)50(29)74/h10-14,16,22-24,26,28-29,32-34,37,45,50-51,56,74-76,78-79H,15,17-21,25,27H2,1-9H3,(H,67,81)(H,82,83)/t29-,32+,33+,34+,37?,45-,50-,51+,56+,62-/m0/s1. The molecule has 4 aliphatic heterocycles. The molecule has 1 aliphatic carbocycles. The van der Waals surface area contributed by atoms with Gasteiger partial charge in [0.1, 0.15) is 34.8 Å². The lowest BCUT2D eigenvalue weighted by atomic mass is 9.78. The van der Waals surface area contributed by atoms with Gasteiger partial charge in [-0.1, -0.05) is 45.9 Å². The van der Waals surface area contributed by atoms with Crippen LogP contribution in [0.3, 0.4) is 0 Å². The first kappa shape index (κ1) is 62.2. The van der Waals surface area contributed by atoms with Gasteiger partial charge in [0, 0.05) is 118 Å². The first-order chi connectivity index (χ1) is 40.7. The third-order valence-electron chi connectivity index (χ3n) is 17.5. The molecule has 0 radical (unpaired) electrons. The lowest BCUT2D eigenvalue weighted by molar-refractivity contribution is -0.160. The number of methoxy groups -OCH3 is 1. The lowest BCUT2D eigenvalue weighted by Gasteiger charge is -2.38. The number of phenolic OH excluding ortho intramolecular Hbond substituents is 3. The van der Waals surface area contributed by atoms with Gasteiger partial charge in [-0.05, 0) is 62.6 Å². The summed E-state index contributed by atoms with van der Waals surface area (Å²) in [5.41, 5.74) is -4.01. The zero-order valence-electron chi connectivity index (χ0n) is 49.0. The second-order valence-corrected chi connectivity index (χ2v) is 23.1. The number of anilines is 2. The molecule has 1 amide bonds. The smallest absolute Gasteiger partial charge is 0.341 e. The number of pyridine rings is 2. The summed E-state index contributed by atoms with van der Waals surface area (Å²) in [5, 5.41) is 77.7. The van der Waals surface area contributed by atoms with E-state index in [0.29, 0.717) is 50.8 Å². The van der Waals surface area contributed by atoms with Crippen molar-refractivity contribution in [1.29, 1.82) is 0 Å². The molecule has 6 heterocycles. The predicted molar refractivity (Wildman–Crippen MR) is 312 cm³/mol. The van der Waals surface area contributed by atoms with Gasteiger partial charge in [0.15, 0.2) is 28.6 Å². The number of halogens is 3. The number of aromatic carboxylic acids is 1. The molecule has 21 nitrogen and oxygen atoms in total. The molecule has 458 valence electrons. The number of aliphatic hydroxyl groups excluding tert-OH is 2. The van der Waals surface area contributed by atoms with Gasteiger partial charge in [-0.15, -0.1) is 0 Å². The number of nitrogens with zero attached hydrogens (tertiary/aromatic N) is 6. The SMILES string of the molecule is CO[C@H]1C=CO[C@@]2(C)Cc3c(C)c(O)c4c(O)c(c(C=NN5CCN(C6CCN(c7nc8c(cc7F)c(=O)c(C(=O)O)cn8-c7ccc(F)cc7F)C6)CC5)c(O)c4c3C2=O)NC(=O)C(C)=CC=C[C@H](C)[C@H](O)[C@@H](C)[C@@H](O)[C@@H](C)[C@H](OC(C)=O)[C@@H]1C. The number of esters is 1. The predicted octanol–water partition coefficient (Wildman–Crippen LogP) is 7.01. The quantitative estimate of drug-likeness (QED) is 0.0356. The van der Waals surface area contributed by atoms with E-state index in [2.05, 4.69) is 15.2 Å². The third-order valence-corrected chi connectivity index (χ3v) is 17.5. The largest absolute Gasteiger partial charge is 0.507 e. The summed E-state index contributed by atoms with van der Waals surface area (Å²) in [5.74, 6) is -11.1. The number of ether oxygens (including phenoxy) is 3. The Bertz CT molecular complexity index is 3750. The van der Waals surface area contributed by atoms with Crippen LogP contribution in [0.2, 0.25) is 0 Å². The van der Waals surface area contributed by atoms with E-state index in [-0.39, 0.29) is 74.9 Å². The number of aromatic hydroxyl groups is 3. The Labute approximate surface area is 492 Å². The van der Waals surface area contributed by atoms with E-state index < -0.39 is 128 Å². The number of amides is 1. The van der Waals surface area contributed by atoms with Gasteiger partial charge >= 0.3 is 11.9 Å². The molecule has 86 heavy (non-hydrogen) atoms. The van der Waals surface area contributed by atoms with Gasteiger partial charge in [-0.2, -0.15) is 5.10 Å². The van der Waals surface area contributed by atoms with Gasteiger partial charge in [-0.3, -0.25) is 33.7 Å². The number of carboxylic acids is 1. The minimum absolute atomic E-state index is 0.0524. The fourth-order valence-corrected chi connectivity index (χ4v) is 12.3. The van der Waals surface area contributed by atoms with Crippen molar-refractivity contribution in [3.8, 4) is 22.9 Å². The molecule has 10 rings (SSSR count). The van der Waals surface area contributed by atoms with Gasteiger partial charge in [-0.25, -0.2) is 22.9 Å². The molecular formula is C62H70F3N7O14. The summed E-state index contributed by atoms with van der Waals surface area (Å²) in [6.45, 7) is 14.7. The number of nitrogens with one attached hydrogen (secondary N) is 1. The van der Waals surface area contributed by atoms with Crippen molar-refractivity contribution in [3.05, 3.63) is 122 Å². The second-order valence-electron chi connectivity index (χ2n) is 23.1. The van der Waals surface area contributed by atoms with E-state index in [1.807, 2.05) is 0 Å². The number of aromatic nitrogens is 2. The van der Waals surface area contributed by atoms with Crippen LogP contribution in [-0.2, 0) is 30.2 Å². The second kappa shape index (κ2) is 24.6. The molecule has 2 fully saturated rings. The van der Waals surface area contributed by atoms with Crippen LogP contribution < -0.4 is 15.6 Å². The molecule has 5 bridgehead atoms. The number of fused-ring (bicyclic) bond motifs is 15. The normalized spacial score (nSPS) is 26.3. The highest BCUT2D eigenvalue weighted by molar-refractivity contribution is 6.23. The Morgan fingerprint density at radius 2 is 1.60 bits per heavy atom. The Kier molecular flexibility index (Phi) is 17.8. The van der Waals surface area contributed by atoms with Crippen molar-refractivity contribution in [3.63, 3.8) is 0 Å². The number of rotatable bonds is 8. The Hall–Kier alpha value is -8.32. The van der Waals surface area contributed by atoms with Crippen LogP contribution in [0.1, 0.15) is 92.3 Å². The number of ketones is 1. The summed E-state index contributed by atoms with van der Waals surface area (Å²) in [6.07, 6.45) is 5.99. The van der Waals surface area contributed by atoms with Crippen molar-refractivity contribution < 1.29 is 77.2 Å². The molecule has 1 unspecified atom stereocenters. The average molecular weight is 1190 g/mol. The highest BCUT2D eigenvalue weighted by Gasteiger charge is 2.48. The number of piperazine rings is 1. The van der Waals surface area contributed by atoms with Gasteiger partial charge in [0.2, 0.25) is 11.2 Å². The summed E-state index contributed by atoms with van der Waals surface area (Å²) in [6, 6.07) is 3.31. The van der Waals surface area contributed by atoms with Crippen LogP contribution >= 0.6 is 0 Å². The number of carboxylic acid groups (broad SMARTS) is 1. The van der Waals surface area contributed by atoms with Crippen molar-refractivity contribution in [2.45, 2.75) is 104 Å². The summed E-state index contributed by atoms with van der Waals surface area (Å²) < 4.78 is 64.1. The number of benzene rings is 3. The molecule has 10 atom stereocenters.